The van der Waals surface area contributed by atoms with Crippen molar-refractivity contribution in [3.63, 3.8) is 0 Å². The summed E-state index contributed by atoms with van der Waals surface area (Å²) < 4.78 is 40.1. The highest BCUT2D eigenvalue weighted by Crippen LogP contribution is 2.32. The van der Waals surface area contributed by atoms with Gasteiger partial charge in [-0.25, -0.2) is 9.97 Å². The Morgan fingerprint density at radius 3 is 2.57 bits per heavy atom. The fourth-order valence-electron chi connectivity index (χ4n) is 2.40. The molecule has 0 aliphatic rings. The molecule has 0 saturated heterocycles. The number of hydrogen-bond acceptors (Lipinski definition) is 6. The molecule has 1 atom stereocenters. The second-order valence-electron chi connectivity index (χ2n) is 5.71. The molecular formula is C16H13ClF3N7O. The Balaban J connectivity index is 1.88. The SMILES string of the molecule is CC(NC(=O)c1cc(Cl)cc(C(F)(F)F)c1)c1nc(N)nn1-c1ncccn1. The lowest BCUT2D eigenvalue weighted by Crippen LogP contribution is -2.29. The predicted molar refractivity (Wildman–Crippen MR) is 93.7 cm³/mol. The van der Waals surface area contributed by atoms with Crippen molar-refractivity contribution in [3.05, 3.63) is 58.6 Å². The Labute approximate surface area is 161 Å². The van der Waals surface area contributed by atoms with Crippen LogP contribution in [-0.4, -0.2) is 30.6 Å². The highest BCUT2D eigenvalue weighted by atomic mass is 35.5. The van der Waals surface area contributed by atoms with Gasteiger partial charge in [-0.2, -0.15) is 22.8 Å². The second-order valence-corrected chi connectivity index (χ2v) is 6.15. The number of carbonyl (C=O) groups excluding carboxylic acids is 1. The molecule has 3 aromatic rings. The minimum atomic E-state index is -4.63. The molecular weight excluding hydrogens is 399 g/mol. The van der Waals surface area contributed by atoms with Gasteiger partial charge >= 0.3 is 6.18 Å². The van der Waals surface area contributed by atoms with E-state index in [-0.39, 0.29) is 28.3 Å². The van der Waals surface area contributed by atoms with Crippen LogP contribution in [0.3, 0.4) is 0 Å². The molecule has 12 heteroatoms. The van der Waals surface area contributed by atoms with Crippen LogP contribution in [0, 0.1) is 0 Å². The Bertz CT molecular complexity index is 1010. The second kappa shape index (κ2) is 7.43. The molecule has 1 aromatic carbocycles. The fraction of sp³-hybridized carbons (Fsp3) is 0.188. The van der Waals surface area contributed by atoms with E-state index < -0.39 is 23.7 Å². The monoisotopic (exact) mass is 411 g/mol. The van der Waals surface area contributed by atoms with E-state index in [1.807, 2.05) is 0 Å². The van der Waals surface area contributed by atoms with Crippen LogP contribution < -0.4 is 11.1 Å². The van der Waals surface area contributed by atoms with Crippen LogP contribution in [-0.2, 0) is 6.18 Å². The molecule has 0 fully saturated rings. The molecule has 0 aliphatic carbocycles. The number of carbonyl (C=O) groups is 1. The molecule has 1 amide bonds. The maximum absolute atomic E-state index is 12.9. The first-order valence-electron chi connectivity index (χ1n) is 7.83. The van der Waals surface area contributed by atoms with Gasteiger partial charge in [0.25, 0.3) is 11.9 Å². The number of amides is 1. The van der Waals surface area contributed by atoms with Crippen LogP contribution >= 0.6 is 11.6 Å². The molecule has 28 heavy (non-hydrogen) atoms. The first-order chi connectivity index (χ1) is 13.1. The third kappa shape index (κ3) is 4.19. The summed E-state index contributed by atoms with van der Waals surface area (Å²) >= 11 is 5.72. The normalized spacial score (nSPS) is 12.6. The third-order valence-electron chi connectivity index (χ3n) is 3.61. The molecule has 146 valence electrons. The van der Waals surface area contributed by atoms with Crippen molar-refractivity contribution in [2.45, 2.75) is 19.1 Å². The van der Waals surface area contributed by atoms with Crippen molar-refractivity contribution in [3.8, 4) is 5.95 Å². The number of nitrogens with two attached hydrogens (primary N) is 1. The topological polar surface area (TPSA) is 112 Å². The molecule has 0 saturated carbocycles. The van der Waals surface area contributed by atoms with Gasteiger partial charge in [0.05, 0.1) is 11.6 Å². The molecule has 2 heterocycles. The minimum absolute atomic E-state index is 0.0781. The summed E-state index contributed by atoms with van der Waals surface area (Å²) in [6.07, 6.45) is -1.67. The third-order valence-corrected chi connectivity index (χ3v) is 3.83. The van der Waals surface area contributed by atoms with E-state index in [0.717, 1.165) is 12.1 Å². The van der Waals surface area contributed by atoms with Gasteiger partial charge in [0, 0.05) is 23.0 Å². The minimum Gasteiger partial charge on any atom is -0.366 e. The highest BCUT2D eigenvalue weighted by molar-refractivity contribution is 6.31. The van der Waals surface area contributed by atoms with Crippen LogP contribution in [0.25, 0.3) is 5.95 Å². The van der Waals surface area contributed by atoms with E-state index in [4.69, 9.17) is 17.3 Å². The molecule has 3 rings (SSSR count). The molecule has 8 nitrogen and oxygen atoms in total. The Kier molecular flexibility index (Phi) is 5.18. The zero-order chi connectivity index (χ0) is 20.5. The summed E-state index contributed by atoms with van der Waals surface area (Å²) in [7, 11) is 0. The van der Waals surface area contributed by atoms with Gasteiger partial charge in [-0.1, -0.05) is 11.6 Å². The summed E-state index contributed by atoms with van der Waals surface area (Å²) in [5.41, 5.74) is 4.36. The summed E-state index contributed by atoms with van der Waals surface area (Å²) in [5.74, 6) is -0.478. The number of alkyl halides is 3. The number of halogens is 4. The number of rotatable bonds is 4. The molecule has 0 spiro atoms. The fourth-order valence-corrected chi connectivity index (χ4v) is 2.63. The van der Waals surface area contributed by atoms with Crippen LogP contribution in [0.2, 0.25) is 5.02 Å². The van der Waals surface area contributed by atoms with E-state index >= 15 is 0 Å². The first-order valence-corrected chi connectivity index (χ1v) is 8.21. The number of hydrogen-bond donors (Lipinski definition) is 2. The molecule has 0 radical (unpaired) electrons. The summed E-state index contributed by atoms with van der Waals surface area (Å²) in [5, 5.41) is 6.31. The van der Waals surface area contributed by atoms with Crippen LogP contribution in [0.4, 0.5) is 19.1 Å². The number of nitrogens with one attached hydrogen (secondary N) is 1. The van der Waals surface area contributed by atoms with E-state index in [1.54, 1.807) is 13.0 Å². The van der Waals surface area contributed by atoms with Crippen molar-refractivity contribution in [2.24, 2.45) is 0 Å². The highest BCUT2D eigenvalue weighted by Gasteiger charge is 2.32. The average molecular weight is 412 g/mol. The average Bonchev–Trinajstić information content (AvgIpc) is 3.03. The van der Waals surface area contributed by atoms with Crippen molar-refractivity contribution in [1.82, 2.24) is 30.0 Å². The number of aromatic nitrogens is 5. The van der Waals surface area contributed by atoms with Crippen molar-refractivity contribution in [1.29, 1.82) is 0 Å². The van der Waals surface area contributed by atoms with Crippen LogP contribution in [0.5, 0.6) is 0 Å². The zero-order valence-corrected chi connectivity index (χ0v) is 15.0. The summed E-state index contributed by atoms with van der Waals surface area (Å²) in [6.45, 7) is 1.57. The largest absolute Gasteiger partial charge is 0.416 e. The zero-order valence-electron chi connectivity index (χ0n) is 14.3. The lowest BCUT2D eigenvalue weighted by atomic mass is 10.1. The maximum atomic E-state index is 12.9. The summed E-state index contributed by atoms with van der Waals surface area (Å²) in [6, 6.07) is 3.43. The maximum Gasteiger partial charge on any atom is 0.416 e. The van der Waals surface area contributed by atoms with E-state index in [2.05, 4.69) is 25.4 Å². The Morgan fingerprint density at radius 1 is 1.25 bits per heavy atom. The van der Waals surface area contributed by atoms with Crippen molar-refractivity contribution in [2.75, 3.05) is 5.73 Å². The van der Waals surface area contributed by atoms with Gasteiger partial charge in [0.2, 0.25) is 5.95 Å². The first kappa shape index (κ1) is 19.5. The summed E-state index contributed by atoms with van der Waals surface area (Å²) in [4.78, 5) is 24.6. The number of nitrogens with zero attached hydrogens (tertiary/aromatic N) is 5. The van der Waals surface area contributed by atoms with Gasteiger partial charge in [-0.3, -0.25) is 4.79 Å². The lowest BCUT2D eigenvalue weighted by molar-refractivity contribution is -0.137. The number of anilines is 1. The van der Waals surface area contributed by atoms with Crippen molar-refractivity contribution < 1.29 is 18.0 Å². The lowest BCUT2D eigenvalue weighted by Gasteiger charge is -2.15. The van der Waals surface area contributed by atoms with Gasteiger partial charge in [0.15, 0.2) is 5.82 Å². The number of benzene rings is 1. The number of nitrogen functional groups attached to an aromatic ring is 1. The van der Waals surface area contributed by atoms with Crippen LogP contribution in [0.15, 0.2) is 36.7 Å². The molecule has 1 unspecified atom stereocenters. The van der Waals surface area contributed by atoms with Gasteiger partial charge in [-0.15, -0.1) is 5.10 Å². The molecule has 0 aliphatic heterocycles. The Morgan fingerprint density at radius 2 is 1.93 bits per heavy atom. The van der Waals surface area contributed by atoms with Gasteiger partial charge in [0.1, 0.15) is 0 Å². The smallest absolute Gasteiger partial charge is 0.366 e. The van der Waals surface area contributed by atoms with Crippen LogP contribution in [0.1, 0.15) is 34.7 Å². The van der Waals surface area contributed by atoms with Gasteiger partial charge < -0.3 is 11.1 Å². The van der Waals surface area contributed by atoms with E-state index in [1.165, 1.54) is 17.1 Å². The quantitative estimate of drug-likeness (QED) is 0.682. The molecule has 2 aromatic heterocycles. The predicted octanol–water partition coefficient (Wildman–Crippen LogP) is 2.80. The molecule has 3 N–H and O–H groups in total. The Hall–Kier alpha value is -3.21. The van der Waals surface area contributed by atoms with Crippen molar-refractivity contribution >= 4 is 23.5 Å². The van der Waals surface area contributed by atoms with E-state index in [9.17, 15) is 18.0 Å². The molecule has 0 bridgehead atoms. The standard InChI is InChI=1S/C16H13ClF3N7O/c1-8(12-25-14(21)26-27(12)15-22-3-2-4-23-15)24-13(28)9-5-10(16(18,19)20)7-11(17)6-9/h2-8H,1H3,(H2,21,26)(H,24,28). The van der Waals surface area contributed by atoms with E-state index in [0.29, 0.717) is 6.07 Å². The van der Waals surface area contributed by atoms with Gasteiger partial charge in [-0.05, 0) is 31.2 Å².